The van der Waals surface area contributed by atoms with Crippen molar-refractivity contribution in [3.8, 4) is 0 Å². The van der Waals surface area contributed by atoms with E-state index in [2.05, 4.69) is 59.9 Å². The van der Waals surface area contributed by atoms with E-state index in [1.807, 2.05) is 0 Å². The molecule has 2 aliphatic rings. The highest BCUT2D eigenvalue weighted by Crippen LogP contribution is 2.56. The summed E-state index contributed by atoms with van der Waals surface area (Å²) >= 11 is 0. The summed E-state index contributed by atoms with van der Waals surface area (Å²) in [7, 11) is 0. The van der Waals surface area contributed by atoms with Gasteiger partial charge in [-0.3, -0.25) is 0 Å². The van der Waals surface area contributed by atoms with Crippen LogP contribution in [0.4, 0.5) is 0 Å². The van der Waals surface area contributed by atoms with Crippen LogP contribution in [-0.4, -0.2) is 13.1 Å². The predicted octanol–water partition coefficient (Wildman–Crippen LogP) is 3.14. The Hall–Kier alpha value is -1.60. The van der Waals surface area contributed by atoms with E-state index in [9.17, 15) is 0 Å². The number of hydrogen-bond acceptors (Lipinski definition) is 1. The summed E-state index contributed by atoms with van der Waals surface area (Å²) in [6.45, 7) is 2.39. The van der Waals surface area contributed by atoms with Crippen LogP contribution in [0, 0.1) is 5.92 Å². The molecule has 0 radical (unpaired) electrons. The maximum absolute atomic E-state index is 3.52. The largest absolute Gasteiger partial charge is 0.316 e. The monoisotopic (exact) mass is 249 g/mol. The Morgan fingerprint density at radius 2 is 1.68 bits per heavy atom. The molecule has 2 aromatic carbocycles. The fraction of sp³-hybridized carbons (Fsp3) is 0.333. The third kappa shape index (κ3) is 1.89. The van der Waals surface area contributed by atoms with Crippen LogP contribution in [0.3, 0.4) is 0 Å². The van der Waals surface area contributed by atoms with E-state index in [4.69, 9.17) is 0 Å². The van der Waals surface area contributed by atoms with Gasteiger partial charge in [-0.1, -0.05) is 54.6 Å². The maximum atomic E-state index is 3.52. The molecule has 1 heterocycles. The molecule has 19 heavy (non-hydrogen) atoms. The van der Waals surface area contributed by atoms with E-state index in [-0.39, 0.29) is 0 Å². The van der Waals surface area contributed by atoms with Gasteiger partial charge in [-0.15, -0.1) is 0 Å². The molecule has 2 fully saturated rings. The summed E-state index contributed by atoms with van der Waals surface area (Å²) in [5.74, 6) is 0.896. The van der Waals surface area contributed by atoms with Crippen molar-refractivity contribution in [2.75, 3.05) is 13.1 Å². The van der Waals surface area contributed by atoms with Gasteiger partial charge in [0.1, 0.15) is 0 Å². The number of nitrogens with one attached hydrogen (secondary N) is 1. The van der Waals surface area contributed by atoms with Crippen LogP contribution in [-0.2, 0) is 11.8 Å². The van der Waals surface area contributed by atoms with Crippen molar-refractivity contribution in [2.45, 2.75) is 18.3 Å². The van der Waals surface area contributed by atoms with E-state index >= 15 is 0 Å². The minimum absolute atomic E-state index is 0.491. The summed E-state index contributed by atoms with van der Waals surface area (Å²) in [6.07, 6.45) is 2.42. The lowest BCUT2D eigenvalue weighted by molar-refractivity contribution is 0.675. The topological polar surface area (TPSA) is 12.0 Å². The van der Waals surface area contributed by atoms with Gasteiger partial charge in [0.05, 0.1) is 0 Å². The van der Waals surface area contributed by atoms with Crippen LogP contribution < -0.4 is 5.32 Å². The molecule has 2 atom stereocenters. The van der Waals surface area contributed by atoms with Gasteiger partial charge in [0.2, 0.25) is 0 Å². The lowest BCUT2D eigenvalue weighted by Crippen LogP contribution is -2.19. The third-order valence-electron chi connectivity index (χ3n) is 4.84. The van der Waals surface area contributed by atoms with E-state index < -0.39 is 0 Å². The van der Waals surface area contributed by atoms with Crippen molar-refractivity contribution in [1.82, 2.24) is 5.32 Å². The van der Waals surface area contributed by atoms with Crippen molar-refractivity contribution in [3.05, 3.63) is 71.3 Å². The SMILES string of the molecule is c1ccc(Cc2ccc(C34CNCC3C4)cc2)cc1. The molecule has 0 aromatic heterocycles. The minimum atomic E-state index is 0.491. The van der Waals surface area contributed by atoms with Gasteiger partial charge in [-0.25, -0.2) is 0 Å². The number of hydrogen-bond donors (Lipinski definition) is 1. The quantitative estimate of drug-likeness (QED) is 0.881. The molecule has 1 aliphatic heterocycles. The highest BCUT2D eigenvalue weighted by Gasteiger charge is 2.57. The zero-order chi connectivity index (χ0) is 12.7. The normalized spacial score (nSPS) is 28.1. The average Bonchev–Trinajstić information content (AvgIpc) is 3.03. The molecular formula is C18H19N. The Balaban J connectivity index is 1.54. The molecule has 4 rings (SSSR count). The van der Waals surface area contributed by atoms with Crippen LogP contribution >= 0.6 is 0 Å². The van der Waals surface area contributed by atoms with Crippen molar-refractivity contribution in [2.24, 2.45) is 5.92 Å². The van der Waals surface area contributed by atoms with Crippen molar-refractivity contribution in [3.63, 3.8) is 0 Å². The van der Waals surface area contributed by atoms with Gasteiger partial charge >= 0.3 is 0 Å². The summed E-state index contributed by atoms with van der Waals surface area (Å²) in [4.78, 5) is 0. The number of piperidine rings is 1. The Labute approximate surface area is 114 Å². The molecule has 0 amide bonds. The van der Waals surface area contributed by atoms with Gasteiger partial charge in [-0.2, -0.15) is 0 Å². The van der Waals surface area contributed by atoms with Crippen LogP contribution in [0.15, 0.2) is 54.6 Å². The second kappa shape index (κ2) is 4.21. The fourth-order valence-electron chi connectivity index (χ4n) is 3.58. The molecular weight excluding hydrogens is 230 g/mol. The van der Waals surface area contributed by atoms with Crippen LogP contribution in [0.2, 0.25) is 0 Å². The number of rotatable bonds is 3. The second-order valence-corrected chi connectivity index (χ2v) is 6.05. The molecule has 1 saturated heterocycles. The van der Waals surface area contributed by atoms with Crippen molar-refractivity contribution in [1.29, 1.82) is 0 Å². The van der Waals surface area contributed by atoms with Gasteiger partial charge < -0.3 is 5.32 Å². The molecule has 2 unspecified atom stereocenters. The maximum Gasteiger partial charge on any atom is 0.0122 e. The van der Waals surface area contributed by atoms with Crippen molar-refractivity contribution >= 4 is 0 Å². The Bertz CT molecular complexity index is 572. The lowest BCUT2D eigenvalue weighted by atomic mass is 9.93. The van der Waals surface area contributed by atoms with E-state index in [1.54, 1.807) is 5.56 Å². The minimum Gasteiger partial charge on any atom is -0.316 e. The molecule has 0 bridgehead atoms. The van der Waals surface area contributed by atoms with Gasteiger partial charge in [-0.05, 0) is 42.0 Å². The first kappa shape index (κ1) is 11.2. The highest BCUT2D eigenvalue weighted by molar-refractivity contribution is 5.39. The predicted molar refractivity (Wildman–Crippen MR) is 78.3 cm³/mol. The summed E-state index contributed by atoms with van der Waals surface area (Å²) < 4.78 is 0. The molecule has 0 spiro atoms. The zero-order valence-electron chi connectivity index (χ0n) is 11.1. The first-order chi connectivity index (χ1) is 9.37. The summed E-state index contributed by atoms with van der Waals surface area (Å²) in [6, 6.07) is 20.0. The number of benzene rings is 2. The van der Waals surface area contributed by atoms with Crippen molar-refractivity contribution < 1.29 is 0 Å². The lowest BCUT2D eigenvalue weighted by Gasteiger charge is -2.13. The van der Waals surface area contributed by atoms with E-state index in [0.29, 0.717) is 5.41 Å². The molecule has 1 nitrogen and oxygen atoms in total. The molecule has 2 aromatic rings. The Kier molecular flexibility index (Phi) is 2.49. The molecule has 1 heteroatoms. The Morgan fingerprint density at radius 3 is 2.32 bits per heavy atom. The molecule has 1 aliphatic carbocycles. The zero-order valence-corrected chi connectivity index (χ0v) is 11.1. The standard InChI is InChI=1S/C18H19N/c1-2-4-14(5-3-1)10-15-6-8-16(9-7-15)18-11-17(18)12-19-13-18/h1-9,17,19H,10-13H2. The van der Waals surface area contributed by atoms with Gasteiger partial charge in [0.25, 0.3) is 0 Å². The third-order valence-corrected chi connectivity index (χ3v) is 4.84. The van der Waals surface area contributed by atoms with Crippen LogP contribution in [0.1, 0.15) is 23.1 Å². The first-order valence-corrected chi connectivity index (χ1v) is 7.21. The Morgan fingerprint density at radius 1 is 0.947 bits per heavy atom. The second-order valence-electron chi connectivity index (χ2n) is 6.05. The summed E-state index contributed by atoms with van der Waals surface area (Å²) in [5.41, 5.74) is 4.83. The number of fused-ring (bicyclic) bond motifs is 1. The van der Waals surface area contributed by atoms with E-state index in [1.165, 1.54) is 30.6 Å². The highest BCUT2D eigenvalue weighted by atomic mass is 15.0. The average molecular weight is 249 g/mol. The van der Waals surface area contributed by atoms with Gasteiger partial charge in [0.15, 0.2) is 0 Å². The first-order valence-electron chi connectivity index (χ1n) is 7.21. The fourth-order valence-corrected chi connectivity index (χ4v) is 3.58. The smallest absolute Gasteiger partial charge is 0.0122 e. The van der Waals surface area contributed by atoms with Crippen LogP contribution in [0.5, 0.6) is 0 Å². The van der Waals surface area contributed by atoms with E-state index in [0.717, 1.165) is 12.3 Å². The molecule has 1 N–H and O–H groups in total. The molecule has 96 valence electrons. The van der Waals surface area contributed by atoms with Gasteiger partial charge in [0, 0.05) is 12.0 Å². The van der Waals surface area contributed by atoms with Crippen LogP contribution in [0.25, 0.3) is 0 Å². The summed E-state index contributed by atoms with van der Waals surface area (Å²) in [5, 5.41) is 3.52. The molecule has 1 saturated carbocycles.